The van der Waals surface area contributed by atoms with Crippen molar-refractivity contribution >= 4 is 29.5 Å². The van der Waals surface area contributed by atoms with Crippen LogP contribution in [0.4, 0.5) is 5.69 Å². The van der Waals surface area contributed by atoms with Crippen LogP contribution in [0, 0.1) is 0 Å². The van der Waals surface area contributed by atoms with Crippen molar-refractivity contribution in [3.05, 3.63) is 42.0 Å². The van der Waals surface area contributed by atoms with E-state index in [0.29, 0.717) is 0 Å². The van der Waals surface area contributed by atoms with E-state index in [1.807, 2.05) is 0 Å². The van der Waals surface area contributed by atoms with Gasteiger partial charge in [-0.2, -0.15) is 0 Å². The maximum atomic E-state index is 11.8. The van der Waals surface area contributed by atoms with E-state index in [-0.39, 0.29) is 24.5 Å². The van der Waals surface area contributed by atoms with E-state index in [4.69, 9.17) is 9.47 Å². The van der Waals surface area contributed by atoms with Crippen molar-refractivity contribution in [1.29, 1.82) is 0 Å². The van der Waals surface area contributed by atoms with E-state index >= 15 is 0 Å². The normalized spacial score (nSPS) is 10.2. The van der Waals surface area contributed by atoms with Gasteiger partial charge in [0.1, 0.15) is 0 Å². The third-order valence-electron chi connectivity index (χ3n) is 2.68. The highest BCUT2D eigenvalue weighted by Gasteiger charge is 2.14. The van der Waals surface area contributed by atoms with Crippen molar-refractivity contribution in [3.63, 3.8) is 0 Å². The first-order valence-electron chi connectivity index (χ1n) is 7.55. The Morgan fingerprint density at radius 2 is 1.52 bits per heavy atom. The number of para-hydroxylation sites is 1. The Bertz CT molecular complexity index is 667. The van der Waals surface area contributed by atoms with Crippen LogP contribution in [0.1, 0.15) is 24.2 Å². The van der Waals surface area contributed by atoms with Gasteiger partial charge >= 0.3 is 17.9 Å². The fraction of sp³-hybridized carbons (Fsp3) is 0.294. The van der Waals surface area contributed by atoms with Crippen molar-refractivity contribution < 1.29 is 33.4 Å². The molecule has 0 unspecified atom stereocenters. The summed E-state index contributed by atoms with van der Waals surface area (Å²) in [6, 6.07) is 6.28. The number of esters is 3. The lowest BCUT2D eigenvalue weighted by Gasteiger charge is -2.10. The molecule has 0 saturated carbocycles. The molecule has 0 heterocycles. The number of ether oxygens (including phenoxy) is 3. The van der Waals surface area contributed by atoms with Gasteiger partial charge in [-0.05, 0) is 26.0 Å². The minimum absolute atomic E-state index is 0.181. The topological polar surface area (TPSA) is 108 Å². The van der Waals surface area contributed by atoms with E-state index in [1.165, 1.54) is 12.1 Å². The molecule has 8 heteroatoms. The molecule has 1 amide bonds. The van der Waals surface area contributed by atoms with Crippen LogP contribution >= 0.6 is 0 Å². The van der Waals surface area contributed by atoms with Crippen LogP contribution in [0.5, 0.6) is 0 Å². The summed E-state index contributed by atoms with van der Waals surface area (Å²) in [4.78, 5) is 46.1. The maximum Gasteiger partial charge on any atom is 0.340 e. The lowest BCUT2D eigenvalue weighted by Crippen LogP contribution is -2.22. The predicted octanol–water partition coefficient (Wildman–Crippen LogP) is 1.46. The number of benzene rings is 1. The summed E-state index contributed by atoms with van der Waals surface area (Å²) in [5.74, 6) is -2.78. The fourth-order valence-corrected chi connectivity index (χ4v) is 1.68. The quantitative estimate of drug-likeness (QED) is 0.430. The highest BCUT2D eigenvalue weighted by molar-refractivity contribution is 6.02. The Hall–Kier alpha value is -3.16. The molecule has 0 fully saturated rings. The fourth-order valence-electron chi connectivity index (χ4n) is 1.68. The highest BCUT2D eigenvalue weighted by atomic mass is 16.5. The number of hydrogen-bond acceptors (Lipinski definition) is 7. The van der Waals surface area contributed by atoms with Gasteiger partial charge in [0.15, 0.2) is 6.61 Å². The molecule has 1 N–H and O–H groups in total. The van der Waals surface area contributed by atoms with Gasteiger partial charge < -0.3 is 19.5 Å². The molecular weight excluding hydrogens is 330 g/mol. The third kappa shape index (κ3) is 7.30. The molecule has 0 bridgehead atoms. The third-order valence-corrected chi connectivity index (χ3v) is 2.68. The van der Waals surface area contributed by atoms with Crippen LogP contribution in [-0.4, -0.2) is 43.6 Å². The molecule has 0 aliphatic heterocycles. The largest absolute Gasteiger partial charge is 0.463 e. The van der Waals surface area contributed by atoms with Crippen molar-refractivity contribution in [2.75, 3.05) is 25.1 Å². The number of amides is 1. The van der Waals surface area contributed by atoms with Crippen LogP contribution in [0.2, 0.25) is 0 Å². The Morgan fingerprint density at radius 3 is 2.16 bits per heavy atom. The second kappa shape index (κ2) is 10.6. The minimum Gasteiger partial charge on any atom is -0.463 e. The van der Waals surface area contributed by atoms with Crippen LogP contribution in [-0.2, 0) is 28.6 Å². The Labute approximate surface area is 144 Å². The molecule has 0 radical (unpaired) electrons. The van der Waals surface area contributed by atoms with Crippen LogP contribution < -0.4 is 5.32 Å². The first-order chi connectivity index (χ1) is 12.0. The number of nitrogens with one attached hydrogen (secondary N) is 1. The number of rotatable bonds is 8. The Balaban J connectivity index is 2.56. The van der Waals surface area contributed by atoms with E-state index in [1.54, 1.807) is 26.0 Å². The van der Waals surface area contributed by atoms with Gasteiger partial charge in [0.2, 0.25) is 0 Å². The zero-order valence-electron chi connectivity index (χ0n) is 13.9. The number of carbonyl (C=O) groups excluding carboxylic acids is 4. The second-order valence-corrected chi connectivity index (χ2v) is 4.51. The Kier molecular flexibility index (Phi) is 8.42. The summed E-state index contributed by atoms with van der Waals surface area (Å²) in [6.07, 6.45) is 1.76. The zero-order chi connectivity index (χ0) is 18.7. The molecule has 25 heavy (non-hydrogen) atoms. The van der Waals surface area contributed by atoms with Gasteiger partial charge in [0.25, 0.3) is 5.91 Å². The summed E-state index contributed by atoms with van der Waals surface area (Å²) >= 11 is 0. The number of carbonyl (C=O) groups is 4. The second-order valence-electron chi connectivity index (χ2n) is 4.51. The van der Waals surface area contributed by atoms with Crippen molar-refractivity contribution in [3.8, 4) is 0 Å². The van der Waals surface area contributed by atoms with Crippen molar-refractivity contribution in [1.82, 2.24) is 0 Å². The standard InChI is InChI=1S/C17H19NO7/c1-3-23-15(20)9-10-16(21)25-11-14(19)18-13-8-6-5-7-12(13)17(22)24-4-2/h5-10H,3-4,11H2,1-2H3,(H,18,19)/b10-9+. The SMILES string of the molecule is CCOC(=O)/C=C/C(=O)OCC(=O)Nc1ccccc1C(=O)OCC. The Morgan fingerprint density at radius 1 is 0.920 bits per heavy atom. The molecule has 0 aliphatic rings. The van der Waals surface area contributed by atoms with Gasteiger partial charge in [-0.1, -0.05) is 12.1 Å². The number of hydrogen-bond donors (Lipinski definition) is 1. The first-order valence-corrected chi connectivity index (χ1v) is 7.55. The van der Waals surface area contributed by atoms with E-state index in [9.17, 15) is 19.2 Å². The summed E-state index contributed by atoms with van der Waals surface area (Å²) < 4.78 is 14.2. The number of anilines is 1. The maximum absolute atomic E-state index is 11.8. The average Bonchev–Trinajstić information content (AvgIpc) is 2.59. The lowest BCUT2D eigenvalue weighted by atomic mass is 10.2. The predicted molar refractivity (Wildman–Crippen MR) is 87.8 cm³/mol. The van der Waals surface area contributed by atoms with Crippen LogP contribution in [0.3, 0.4) is 0 Å². The molecule has 8 nitrogen and oxygen atoms in total. The lowest BCUT2D eigenvalue weighted by molar-refractivity contribution is -0.143. The van der Waals surface area contributed by atoms with E-state index in [2.05, 4.69) is 10.1 Å². The average molecular weight is 349 g/mol. The van der Waals surface area contributed by atoms with Gasteiger partial charge in [0, 0.05) is 12.2 Å². The van der Waals surface area contributed by atoms with Gasteiger partial charge in [-0.25, -0.2) is 14.4 Å². The van der Waals surface area contributed by atoms with E-state index < -0.39 is 30.4 Å². The van der Waals surface area contributed by atoms with Gasteiger partial charge in [-0.3, -0.25) is 4.79 Å². The highest BCUT2D eigenvalue weighted by Crippen LogP contribution is 2.16. The monoisotopic (exact) mass is 349 g/mol. The van der Waals surface area contributed by atoms with E-state index in [0.717, 1.165) is 12.2 Å². The first kappa shape index (κ1) is 19.9. The molecule has 0 aliphatic carbocycles. The molecule has 0 aromatic heterocycles. The minimum atomic E-state index is -0.873. The molecule has 1 aromatic carbocycles. The van der Waals surface area contributed by atoms with Crippen LogP contribution in [0.15, 0.2) is 36.4 Å². The van der Waals surface area contributed by atoms with Crippen LogP contribution in [0.25, 0.3) is 0 Å². The van der Waals surface area contributed by atoms with Gasteiger partial charge in [-0.15, -0.1) is 0 Å². The summed E-state index contributed by atoms with van der Waals surface area (Å²) in [5, 5.41) is 2.46. The molecule has 1 aromatic rings. The molecule has 1 rings (SSSR count). The summed E-state index contributed by atoms with van der Waals surface area (Å²) in [7, 11) is 0. The molecular formula is C17H19NO7. The van der Waals surface area contributed by atoms with Crippen molar-refractivity contribution in [2.45, 2.75) is 13.8 Å². The zero-order valence-corrected chi connectivity index (χ0v) is 13.9. The molecule has 134 valence electrons. The molecule has 0 spiro atoms. The van der Waals surface area contributed by atoms with Crippen molar-refractivity contribution in [2.24, 2.45) is 0 Å². The molecule has 0 atom stereocenters. The summed E-state index contributed by atoms with van der Waals surface area (Å²) in [6.45, 7) is 3.10. The smallest absolute Gasteiger partial charge is 0.340 e. The molecule has 0 saturated heterocycles. The summed E-state index contributed by atoms with van der Waals surface area (Å²) in [5.41, 5.74) is 0.426. The van der Waals surface area contributed by atoms with Gasteiger partial charge in [0.05, 0.1) is 24.5 Å².